The van der Waals surface area contributed by atoms with Gasteiger partial charge in [-0.3, -0.25) is 9.59 Å². The van der Waals surface area contributed by atoms with Crippen molar-refractivity contribution in [2.75, 3.05) is 0 Å². The van der Waals surface area contributed by atoms with Crippen LogP contribution >= 0.6 is 0 Å². The molecule has 23 heavy (non-hydrogen) atoms. The summed E-state index contributed by atoms with van der Waals surface area (Å²) < 4.78 is 27.7. The summed E-state index contributed by atoms with van der Waals surface area (Å²) in [5.74, 6) is -6.94. The molecule has 0 unspecified atom stereocenters. The Hall–Kier alpha value is -2.56. The van der Waals surface area contributed by atoms with E-state index in [1.807, 2.05) is 0 Å². The second kappa shape index (κ2) is 7.63. The van der Waals surface area contributed by atoms with Crippen LogP contribution in [0.2, 0.25) is 0 Å². The van der Waals surface area contributed by atoms with Crippen LogP contribution in [0, 0.1) is 0 Å². The Kier molecular flexibility index (Phi) is 5.57. The molecule has 0 spiro atoms. The highest BCUT2D eigenvalue weighted by Crippen LogP contribution is 2.19. The van der Waals surface area contributed by atoms with Crippen LogP contribution in [0.4, 0.5) is 8.78 Å². The van der Waals surface area contributed by atoms with Crippen molar-refractivity contribution < 1.29 is 18.4 Å². The first-order chi connectivity index (χ1) is 11.0. The smallest absolute Gasteiger partial charge is 0.346 e. The number of carbonyl (C=O) groups excluding carboxylic acids is 2. The Morgan fingerprint density at radius 2 is 1.39 bits per heavy atom. The summed E-state index contributed by atoms with van der Waals surface area (Å²) in [4.78, 5) is 23.3. The van der Waals surface area contributed by atoms with Crippen molar-refractivity contribution in [3.05, 3.63) is 71.8 Å². The van der Waals surface area contributed by atoms with Crippen LogP contribution < -0.4 is 5.32 Å². The molecule has 0 bridgehead atoms. The van der Waals surface area contributed by atoms with Gasteiger partial charge in [-0.15, -0.1) is 0 Å². The molecule has 0 aromatic heterocycles. The number of benzene rings is 2. The molecule has 0 aliphatic rings. The Morgan fingerprint density at radius 3 is 1.96 bits per heavy atom. The van der Waals surface area contributed by atoms with Gasteiger partial charge in [0.1, 0.15) is 0 Å². The number of Topliss-reactive ketones (excluding diaryl/α,β-unsaturated/α-hetero) is 1. The van der Waals surface area contributed by atoms with E-state index in [-0.39, 0.29) is 19.4 Å². The van der Waals surface area contributed by atoms with Crippen molar-refractivity contribution in [1.29, 1.82) is 0 Å². The Balaban J connectivity index is 1.88. The average molecular weight is 317 g/mol. The molecular formula is C18H17F2NO2. The lowest BCUT2D eigenvalue weighted by atomic mass is 10.0. The monoisotopic (exact) mass is 317 g/mol. The molecule has 0 aliphatic carbocycles. The predicted octanol–water partition coefficient (Wildman–Crippen LogP) is 3.14. The van der Waals surface area contributed by atoms with Crippen molar-refractivity contribution in [3.63, 3.8) is 0 Å². The zero-order valence-corrected chi connectivity index (χ0v) is 12.5. The summed E-state index contributed by atoms with van der Waals surface area (Å²) in [5.41, 5.74) is 1.47. The number of aryl methyl sites for hydroxylation is 1. The maximum atomic E-state index is 13.9. The SMILES string of the molecule is O=C(CCc1ccccc1)C(F)(F)C(=O)NCc1ccccc1. The normalized spacial score (nSPS) is 11.0. The molecule has 0 aliphatic heterocycles. The molecule has 0 radical (unpaired) electrons. The van der Waals surface area contributed by atoms with Gasteiger partial charge in [-0.2, -0.15) is 8.78 Å². The molecule has 0 heterocycles. The van der Waals surface area contributed by atoms with Gasteiger partial charge in [0.25, 0.3) is 5.91 Å². The molecular weight excluding hydrogens is 300 g/mol. The van der Waals surface area contributed by atoms with Crippen molar-refractivity contribution >= 4 is 11.7 Å². The number of rotatable bonds is 7. The van der Waals surface area contributed by atoms with Gasteiger partial charge in [0, 0.05) is 13.0 Å². The Morgan fingerprint density at radius 1 is 0.870 bits per heavy atom. The van der Waals surface area contributed by atoms with Crippen LogP contribution in [0.5, 0.6) is 0 Å². The highest BCUT2D eigenvalue weighted by molar-refractivity contribution is 6.07. The van der Waals surface area contributed by atoms with E-state index < -0.39 is 17.6 Å². The maximum absolute atomic E-state index is 13.9. The lowest BCUT2D eigenvalue weighted by Crippen LogP contribution is -2.45. The molecule has 2 rings (SSSR count). The number of hydrogen-bond acceptors (Lipinski definition) is 2. The van der Waals surface area contributed by atoms with Gasteiger partial charge in [0.15, 0.2) is 0 Å². The van der Waals surface area contributed by atoms with Crippen molar-refractivity contribution in [2.24, 2.45) is 0 Å². The molecule has 0 atom stereocenters. The van der Waals surface area contributed by atoms with E-state index in [2.05, 4.69) is 5.32 Å². The lowest BCUT2D eigenvalue weighted by molar-refractivity contribution is -0.158. The number of hydrogen-bond donors (Lipinski definition) is 1. The summed E-state index contributed by atoms with van der Waals surface area (Å²) in [7, 11) is 0. The second-order valence-electron chi connectivity index (χ2n) is 5.15. The van der Waals surface area contributed by atoms with Crippen molar-refractivity contribution in [2.45, 2.75) is 25.3 Å². The van der Waals surface area contributed by atoms with Crippen LogP contribution in [0.1, 0.15) is 17.5 Å². The Bertz CT molecular complexity index is 600. The molecule has 2 aromatic carbocycles. The summed E-state index contributed by atoms with van der Waals surface area (Å²) in [6, 6.07) is 17.5. The predicted molar refractivity (Wildman–Crippen MR) is 83.0 cm³/mol. The minimum Gasteiger partial charge on any atom is -0.346 e. The summed E-state index contributed by atoms with van der Waals surface area (Å²) in [6.45, 7) is -0.0404. The van der Waals surface area contributed by atoms with Crippen LogP contribution in [0.25, 0.3) is 0 Å². The fourth-order valence-corrected chi connectivity index (χ4v) is 2.08. The first-order valence-electron chi connectivity index (χ1n) is 7.27. The van der Waals surface area contributed by atoms with E-state index in [1.54, 1.807) is 60.7 Å². The zero-order chi connectivity index (χ0) is 16.7. The molecule has 2 aromatic rings. The zero-order valence-electron chi connectivity index (χ0n) is 12.5. The standard InChI is InChI=1S/C18H17F2NO2/c19-18(20,16(22)12-11-14-7-3-1-4-8-14)17(23)21-13-15-9-5-2-6-10-15/h1-10H,11-13H2,(H,21,23). The van der Waals surface area contributed by atoms with E-state index in [0.29, 0.717) is 5.56 Å². The molecule has 1 amide bonds. The number of amides is 1. The summed E-state index contributed by atoms with van der Waals surface area (Å²) >= 11 is 0. The summed E-state index contributed by atoms with van der Waals surface area (Å²) in [5, 5.41) is 2.11. The number of carbonyl (C=O) groups is 2. The van der Waals surface area contributed by atoms with E-state index in [4.69, 9.17) is 0 Å². The van der Waals surface area contributed by atoms with Crippen LogP contribution in [0.15, 0.2) is 60.7 Å². The average Bonchev–Trinajstić information content (AvgIpc) is 2.59. The molecule has 3 nitrogen and oxygen atoms in total. The van der Waals surface area contributed by atoms with E-state index in [9.17, 15) is 18.4 Å². The third-order valence-electron chi connectivity index (χ3n) is 3.41. The Labute approximate surface area is 133 Å². The van der Waals surface area contributed by atoms with Gasteiger partial charge in [0.2, 0.25) is 5.78 Å². The molecule has 0 saturated heterocycles. The number of ketones is 1. The van der Waals surface area contributed by atoms with Crippen LogP contribution in [0.3, 0.4) is 0 Å². The van der Waals surface area contributed by atoms with E-state index in [1.165, 1.54) is 0 Å². The van der Waals surface area contributed by atoms with Gasteiger partial charge in [0.05, 0.1) is 0 Å². The minimum absolute atomic E-state index is 0.0404. The van der Waals surface area contributed by atoms with Crippen molar-refractivity contribution in [1.82, 2.24) is 5.32 Å². The van der Waals surface area contributed by atoms with Gasteiger partial charge < -0.3 is 5.32 Å². The first-order valence-corrected chi connectivity index (χ1v) is 7.27. The first kappa shape index (κ1) is 16.8. The largest absolute Gasteiger partial charge is 0.381 e. The van der Waals surface area contributed by atoms with Crippen molar-refractivity contribution in [3.8, 4) is 0 Å². The second-order valence-corrected chi connectivity index (χ2v) is 5.15. The van der Waals surface area contributed by atoms with Gasteiger partial charge >= 0.3 is 5.92 Å². The number of alkyl halides is 2. The molecule has 5 heteroatoms. The van der Waals surface area contributed by atoms with Crippen LogP contribution in [-0.2, 0) is 22.6 Å². The fourth-order valence-electron chi connectivity index (χ4n) is 2.08. The minimum atomic E-state index is -4.01. The third kappa shape index (κ3) is 4.71. The quantitative estimate of drug-likeness (QED) is 0.798. The number of halogens is 2. The molecule has 0 fully saturated rings. The summed E-state index contributed by atoms with van der Waals surface area (Å²) in [6.07, 6.45) is -0.197. The fraction of sp³-hybridized carbons (Fsp3) is 0.222. The van der Waals surface area contributed by atoms with Gasteiger partial charge in [-0.1, -0.05) is 60.7 Å². The lowest BCUT2D eigenvalue weighted by Gasteiger charge is -2.15. The maximum Gasteiger partial charge on any atom is 0.381 e. The van der Waals surface area contributed by atoms with Gasteiger partial charge in [-0.05, 0) is 17.5 Å². The highest BCUT2D eigenvalue weighted by atomic mass is 19.3. The van der Waals surface area contributed by atoms with Crippen LogP contribution in [-0.4, -0.2) is 17.6 Å². The molecule has 0 saturated carbocycles. The van der Waals surface area contributed by atoms with Gasteiger partial charge in [-0.25, -0.2) is 0 Å². The van der Waals surface area contributed by atoms with E-state index in [0.717, 1.165) is 5.56 Å². The molecule has 120 valence electrons. The third-order valence-corrected chi connectivity index (χ3v) is 3.41. The van der Waals surface area contributed by atoms with E-state index >= 15 is 0 Å². The molecule has 1 N–H and O–H groups in total. The topological polar surface area (TPSA) is 46.2 Å². The highest BCUT2D eigenvalue weighted by Gasteiger charge is 2.45. The number of nitrogens with one attached hydrogen (secondary N) is 1.